The van der Waals surface area contributed by atoms with E-state index >= 15 is 0 Å². The number of nitrogens with zero attached hydrogens (tertiary/aromatic N) is 1. The number of carboxylic acid groups (broad SMARTS) is 1. The van der Waals surface area contributed by atoms with Gasteiger partial charge in [-0.2, -0.15) is 0 Å². The molecule has 0 aliphatic carbocycles. The SMILES string of the molecule is CCCCCCCCCCCC[N+](CC)(CC)CCCCCCCCCCCC.O=C([O-])[C@H](O)[C@@H](O)[C@H](O)[C@H](O)CO. The number of carboxylic acids is 1. The summed E-state index contributed by atoms with van der Waals surface area (Å²) in [5.41, 5.74) is 0. The summed E-state index contributed by atoms with van der Waals surface area (Å²) in [6.07, 6.45) is 21.0. The van der Waals surface area contributed by atoms with Gasteiger partial charge in [0, 0.05) is 0 Å². The van der Waals surface area contributed by atoms with Crippen LogP contribution in [0.5, 0.6) is 0 Å². The minimum absolute atomic E-state index is 0.863. The fraction of sp³-hybridized carbons (Fsp3) is 0.971. The average Bonchev–Trinajstić information content (AvgIpc) is 3.00. The number of quaternary nitrogens is 1. The van der Waals surface area contributed by atoms with Crippen molar-refractivity contribution in [3.05, 3.63) is 0 Å². The van der Waals surface area contributed by atoms with Gasteiger partial charge in [0.05, 0.1) is 38.8 Å². The highest BCUT2D eigenvalue weighted by atomic mass is 16.4. The third kappa shape index (κ3) is 23.7. The summed E-state index contributed by atoms with van der Waals surface area (Å²) in [4.78, 5) is 9.98. The zero-order valence-electron chi connectivity index (χ0n) is 28.0. The predicted octanol–water partition coefficient (Wildman–Crippen LogP) is 4.86. The number of hydrogen-bond donors (Lipinski definition) is 5. The number of aliphatic hydroxyl groups is 5. The molecule has 0 aromatic carbocycles. The van der Waals surface area contributed by atoms with Crippen molar-refractivity contribution < 1.29 is 39.9 Å². The van der Waals surface area contributed by atoms with Gasteiger partial charge >= 0.3 is 0 Å². The van der Waals surface area contributed by atoms with Crippen molar-refractivity contribution in [2.45, 2.75) is 181 Å². The van der Waals surface area contributed by atoms with Crippen LogP contribution in [-0.4, -0.2) is 93.2 Å². The van der Waals surface area contributed by atoms with Gasteiger partial charge in [-0.3, -0.25) is 0 Å². The lowest BCUT2D eigenvalue weighted by molar-refractivity contribution is -0.925. The number of carbonyl (C=O) groups is 1. The Morgan fingerprint density at radius 3 is 1.12 bits per heavy atom. The molecule has 0 aromatic heterocycles. The maximum Gasteiger partial charge on any atom is 0.122 e. The summed E-state index contributed by atoms with van der Waals surface area (Å²) >= 11 is 0. The summed E-state index contributed by atoms with van der Waals surface area (Å²) in [5, 5.41) is 53.4. The van der Waals surface area contributed by atoms with Crippen molar-refractivity contribution in [1.82, 2.24) is 0 Å². The summed E-state index contributed by atoms with van der Waals surface area (Å²) in [6, 6.07) is 0. The van der Waals surface area contributed by atoms with Crippen molar-refractivity contribution in [3.8, 4) is 0 Å². The Morgan fingerprint density at radius 1 is 0.548 bits per heavy atom. The first-order valence-corrected chi connectivity index (χ1v) is 17.5. The minimum atomic E-state index is -2.31. The van der Waals surface area contributed by atoms with Crippen molar-refractivity contribution in [2.75, 3.05) is 32.8 Å². The monoisotopic (exact) mass is 606 g/mol. The van der Waals surface area contributed by atoms with E-state index in [1.165, 1.54) is 159 Å². The van der Waals surface area contributed by atoms with E-state index in [4.69, 9.17) is 25.5 Å². The standard InChI is InChI=1S/C28H60N.C6H12O7/c1-5-9-11-13-15-17-19-21-23-25-27-29(7-3,8-4)28-26-24-22-20-18-16-14-12-10-6-2;7-1-2(8)3(9)4(10)5(11)6(12)13/h5-28H2,1-4H3;2-5,7-11H,1H2,(H,12,13)/q+1;/p-1/t;2-,3-,4+,5-/m.1/s1. The Hall–Kier alpha value is -0.770. The Morgan fingerprint density at radius 2 is 0.857 bits per heavy atom. The number of carbonyl (C=O) groups excluding carboxylic acids is 1. The zero-order chi connectivity index (χ0) is 32.1. The van der Waals surface area contributed by atoms with Crippen LogP contribution in [0.4, 0.5) is 0 Å². The normalized spacial score (nSPS) is 14.6. The Balaban J connectivity index is 0. The van der Waals surface area contributed by atoms with E-state index in [2.05, 4.69) is 27.7 Å². The lowest BCUT2D eigenvalue weighted by atomic mass is 10.0. The number of aliphatic carboxylic acids is 1. The first-order chi connectivity index (χ1) is 20.2. The molecule has 0 spiro atoms. The van der Waals surface area contributed by atoms with Gasteiger partial charge in [-0.25, -0.2) is 0 Å². The maximum absolute atomic E-state index is 9.98. The highest BCUT2D eigenvalue weighted by Gasteiger charge is 2.30. The predicted molar refractivity (Wildman–Crippen MR) is 171 cm³/mol. The molecule has 5 N–H and O–H groups in total. The van der Waals surface area contributed by atoms with Crippen LogP contribution >= 0.6 is 0 Å². The molecule has 0 aliphatic rings. The highest BCUT2D eigenvalue weighted by Crippen LogP contribution is 2.17. The maximum atomic E-state index is 9.98. The highest BCUT2D eigenvalue weighted by molar-refractivity contribution is 5.70. The lowest BCUT2D eigenvalue weighted by Crippen LogP contribution is -2.52. The molecule has 8 nitrogen and oxygen atoms in total. The van der Waals surface area contributed by atoms with Crippen LogP contribution < -0.4 is 5.11 Å². The summed E-state index contributed by atoms with van der Waals surface area (Å²) in [6.45, 7) is 14.1. The van der Waals surface area contributed by atoms with Gasteiger partial charge in [0.15, 0.2) is 0 Å². The van der Waals surface area contributed by atoms with Crippen LogP contribution in [0.15, 0.2) is 0 Å². The first kappa shape index (κ1) is 43.4. The Labute approximate surface area is 259 Å². The fourth-order valence-corrected chi connectivity index (χ4v) is 5.50. The van der Waals surface area contributed by atoms with Crippen molar-refractivity contribution >= 4 is 5.97 Å². The quantitative estimate of drug-likeness (QED) is 0.0606. The van der Waals surface area contributed by atoms with Crippen molar-refractivity contribution in [1.29, 1.82) is 0 Å². The molecule has 42 heavy (non-hydrogen) atoms. The molecule has 8 heteroatoms. The number of aliphatic hydroxyl groups excluding tert-OH is 5. The minimum Gasteiger partial charge on any atom is -0.547 e. The van der Waals surface area contributed by atoms with Crippen LogP contribution in [0.25, 0.3) is 0 Å². The molecule has 0 amide bonds. The van der Waals surface area contributed by atoms with Gasteiger partial charge in [0.1, 0.15) is 24.4 Å². The largest absolute Gasteiger partial charge is 0.547 e. The van der Waals surface area contributed by atoms with E-state index in [0.29, 0.717) is 0 Å². The molecular weight excluding hydrogens is 534 g/mol. The second kappa shape index (κ2) is 30.3. The van der Waals surface area contributed by atoms with Gasteiger partial charge in [0.25, 0.3) is 0 Å². The van der Waals surface area contributed by atoms with Crippen LogP contribution in [0.2, 0.25) is 0 Å². The van der Waals surface area contributed by atoms with Crippen LogP contribution in [-0.2, 0) is 4.79 Å². The van der Waals surface area contributed by atoms with E-state index in [-0.39, 0.29) is 0 Å². The van der Waals surface area contributed by atoms with Crippen molar-refractivity contribution in [3.63, 3.8) is 0 Å². The second-order valence-corrected chi connectivity index (χ2v) is 12.3. The molecule has 0 radical (unpaired) electrons. The molecule has 0 rings (SSSR count). The molecule has 0 heterocycles. The molecule has 0 aromatic rings. The lowest BCUT2D eigenvalue weighted by Gasteiger charge is -2.37. The molecule has 0 unspecified atom stereocenters. The Bertz CT molecular complexity index is 548. The molecule has 0 bridgehead atoms. The second-order valence-electron chi connectivity index (χ2n) is 12.3. The average molecular weight is 606 g/mol. The first-order valence-electron chi connectivity index (χ1n) is 17.5. The summed E-state index contributed by atoms with van der Waals surface area (Å²) < 4.78 is 1.38. The van der Waals surface area contributed by atoms with Gasteiger partial charge in [-0.15, -0.1) is 0 Å². The van der Waals surface area contributed by atoms with Crippen LogP contribution in [0.3, 0.4) is 0 Å². The van der Waals surface area contributed by atoms with Crippen LogP contribution in [0, 0.1) is 0 Å². The third-order valence-electron chi connectivity index (χ3n) is 8.81. The fourth-order valence-electron chi connectivity index (χ4n) is 5.50. The smallest absolute Gasteiger partial charge is 0.122 e. The van der Waals surface area contributed by atoms with E-state index in [9.17, 15) is 9.90 Å². The van der Waals surface area contributed by atoms with E-state index in [0.717, 1.165) is 0 Å². The Kier molecular flexibility index (Phi) is 31.2. The van der Waals surface area contributed by atoms with Gasteiger partial charge in [-0.05, 0) is 39.5 Å². The van der Waals surface area contributed by atoms with E-state index in [1.54, 1.807) is 0 Å². The topological polar surface area (TPSA) is 141 Å². The third-order valence-corrected chi connectivity index (χ3v) is 8.81. The number of hydrogen-bond acceptors (Lipinski definition) is 7. The number of rotatable bonds is 29. The molecule has 0 saturated carbocycles. The zero-order valence-corrected chi connectivity index (χ0v) is 28.0. The van der Waals surface area contributed by atoms with Gasteiger partial charge in [0.2, 0.25) is 0 Å². The molecule has 0 fully saturated rings. The summed E-state index contributed by atoms with van der Waals surface area (Å²) in [5.74, 6) is -1.98. The van der Waals surface area contributed by atoms with Crippen LogP contribution in [0.1, 0.15) is 156 Å². The summed E-state index contributed by atoms with van der Waals surface area (Å²) in [7, 11) is 0. The molecule has 0 saturated heterocycles. The molecule has 4 atom stereocenters. The molecule has 254 valence electrons. The van der Waals surface area contributed by atoms with Crippen molar-refractivity contribution in [2.24, 2.45) is 0 Å². The van der Waals surface area contributed by atoms with E-state index in [1.807, 2.05) is 0 Å². The van der Waals surface area contributed by atoms with Gasteiger partial charge < -0.3 is 39.9 Å². The molecular formula is C34H71NO7. The van der Waals surface area contributed by atoms with E-state index < -0.39 is 37.0 Å². The number of unbranched alkanes of at least 4 members (excludes halogenated alkanes) is 18. The molecule has 0 aliphatic heterocycles. The van der Waals surface area contributed by atoms with Gasteiger partial charge in [-0.1, -0.05) is 117 Å².